The van der Waals surface area contributed by atoms with Crippen molar-refractivity contribution < 1.29 is 0 Å². The average molecular weight is 468 g/mol. The number of hydrogen-bond acceptors (Lipinski definition) is 3. The number of hydrazone groups is 2. The number of fused-ring (bicyclic) bond motifs is 5. The third-order valence-electron chi connectivity index (χ3n) is 10.9. The smallest absolute Gasteiger partial charge is 0.0609 e. The summed E-state index contributed by atoms with van der Waals surface area (Å²) in [6.45, 7) is 14.0. The van der Waals surface area contributed by atoms with E-state index in [1.165, 1.54) is 64.2 Å². The summed E-state index contributed by atoms with van der Waals surface area (Å²) in [6, 6.07) is 0. The molecule has 8 atom stereocenters. The summed E-state index contributed by atoms with van der Waals surface area (Å²) >= 11 is 0. The molecule has 0 radical (unpaired) electrons. The van der Waals surface area contributed by atoms with Crippen LogP contribution >= 0.6 is 0 Å². The topological polar surface area (TPSA) is 28.0 Å². The highest BCUT2D eigenvalue weighted by atomic mass is 15.7. The molecule has 0 aromatic heterocycles. The average Bonchev–Trinajstić information content (AvgIpc) is 2.82. The molecule has 0 N–H and O–H groups in total. The molecule has 3 heteroatoms. The minimum absolute atomic E-state index is 0.535. The van der Waals surface area contributed by atoms with Gasteiger partial charge in [-0.3, -0.25) is 0 Å². The van der Waals surface area contributed by atoms with Crippen LogP contribution in [0.3, 0.4) is 0 Å². The maximum absolute atomic E-state index is 4.78. The van der Waals surface area contributed by atoms with Gasteiger partial charge in [-0.2, -0.15) is 15.3 Å². The molecule has 34 heavy (non-hydrogen) atoms. The van der Waals surface area contributed by atoms with Crippen molar-refractivity contribution in [3.05, 3.63) is 12.7 Å². The van der Waals surface area contributed by atoms with E-state index >= 15 is 0 Å². The molecule has 4 aliphatic rings. The first kappa shape index (κ1) is 26.0. The van der Waals surface area contributed by atoms with E-state index in [0.717, 1.165) is 60.1 Å². The molecule has 0 aromatic carbocycles. The van der Waals surface area contributed by atoms with Gasteiger partial charge < -0.3 is 0 Å². The summed E-state index contributed by atoms with van der Waals surface area (Å²) in [5.74, 6) is 7.03. The predicted octanol–water partition coefficient (Wildman–Crippen LogP) is 8.71. The maximum Gasteiger partial charge on any atom is 0.0609 e. The first-order valence-corrected chi connectivity index (χ1v) is 14.9. The van der Waals surface area contributed by atoms with Gasteiger partial charge in [-0.05, 0) is 118 Å². The molecule has 0 aliphatic heterocycles. The van der Waals surface area contributed by atoms with Crippen LogP contribution in [0, 0.1) is 46.8 Å². The van der Waals surface area contributed by atoms with Crippen molar-refractivity contribution in [2.75, 3.05) is 6.54 Å². The molecule has 4 unspecified atom stereocenters. The van der Waals surface area contributed by atoms with Crippen molar-refractivity contribution in [1.29, 1.82) is 0 Å². The first-order chi connectivity index (χ1) is 16.5. The molecule has 4 saturated carbocycles. The largest absolute Gasteiger partial charge is 0.185 e. The van der Waals surface area contributed by atoms with Crippen LogP contribution in [0.1, 0.15) is 118 Å². The fourth-order valence-corrected chi connectivity index (χ4v) is 9.39. The third-order valence-corrected chi connectivity index (χ3v) is 10.9. The van der Waals surface area contributed by atoms with Crippen LogP contribution in [0.25, 0.3) is 0 Å². The molecular formula is C31H53N3. The van der Waals surface area contributed by atoms with Gasteiger partial charge in [-0.15, -0.1) is 6.58 Å². The Labute approximate surface area is 210 Å². The lowest BCUT2D eigenvalue weighted by Gasteiger charge is -2.61. The zero-order valence-electron chi connectivity index (χ0n) is 22.9. The highest BCUT2D eigenvalue weighted by Crippen LogP contribution is 2.63. The van der Waals surface area contributed by atoms with Crippen molar-refractivity contribution in [2.45, 2.75) is 118 Å². The van der Waals surface area contributed by atoms with Gasteiger partial charge in [0, 0.05) is 18.3 Å². The van der Waals surface area contributed by atoms with Crippen molar-refractivity contribution in [1.82, 2.24) is 5.12 Å². The van der Waals surface area contributed by atoms with Gasteiger partial charge in [-0.25, -0.2) is 0 Å². The Morgan fingerprint density at radius 3 is 2.62 bits per heavy atom. The monoisotopic (exact) mass is 467 g/mol. The summed E-state index contributed by atoms with van der Waals surface area (Å²) in [5, 5.41) is 11.3. The molecule has 4 fully saturated rings. The summed E-state index contributed by atoms with van der Waals surface area (Å²) in [6.07, 6.45) is 23.8. The van der Waals surface area contributed by atoms with E-state index in [0.29, 0.717) is 5.41 Å². The van der Waals surface area contributed by atoms with E-state index < -0.39 is 0 Å². The minimum Gasteiger partial charge on any atom is -0.185 e. The van der Waals surface area contributed by atoms with Crippen LogP contribution in [0.2, 0.25) is 0 Å². The van der Waals surface area contributed by atoms with E-state index in [1.807, 2.05) is 24.3 Å². The van der Waals surface area contributed by atoms with Crippen LogP contribution < -0.4 is 0 Å². The molecule has 0 spiro atoms. The fourth-order valence-electron chi connectivity index (χ4n) is 9.39. The second kappa shape index (κ2) is 11.7. The van der Waals surface area contributed by atoms with E-state index in [9.17, 15) is 0 Å². The van der Waals surface area contributed by atoms with Crippen LogP contribution in [0.15, 0.2) is 22.9 Å². The van der Waals surface area contributed by atoms with Crippen LogP contribution in [-0.2, 0) is 0 Å². The fraction of sp³-hybridized carbons (Fsp3) is 0.871. The summed E-state index contributed by atoms with van der Waals surface area (Å²) < 4.78 is 0. The second-order valence-corrected chi connectivity index (χ2v) is 12.7. The molecule has 4 rings (SSSR count). The predicted molar refractivity (Wildman–Crippen MR) is 147 cm³/mol. The number of rotatable bonds is 9. The zero-order valence-corrected chi connectivity index (χ0v) is 22.9. The van der Waals surface area contributed by atoms with Crippen LogP contribution in [0.4, 0.5) is 0 Å². The lowest BCUT2D eigenvalue weighted by molar-refractivity contribution is -0.112. The second-order valence-electron chi connectivity index (χ2n) is 12.7. The number of allylic oxidation sites excluding steroid dienone is 1. The Balaban J connectivity index is 1.41. The molecule has 0 amide bonds. The van der Waals surface area contributed by atoms with Gasteiger partial charge in [0.05, 0.1) is 6.54 Å². The Bertz CT molecular complexity index is 726. The molecule has 3 nitrogen and oxygen atoms in total. The molecule has 0 bridgehead atoms. The van der Waals surface area contributed by atoms with E-state index in [1.54, 1.807) is 19.3 Å². The lowest BCUT2D eigenvalue weighted by Crippen LogP contribution is -2.52. The Morgan fingerprint density at radius 2 is 1.85 bits per heavy atom. The molecule has 0 saturated heterocycles. The Hall–Kier alpha value is -1.12. The Morgan fingerprint density at radius 1 is 1.03 bits per heavy atom. The summed E-state index contributed by atoms with van der Waals surface area (Å²) in [5.41, 5.74) is 1.63. The summed E-state index contributed by atoms with van der Waals surface area (Å²) in [4.78, 5) is 0. The Kier molecular flexibility index (Phi) is 8.97. The van der Waals surface area contributed by atoms with Crippen molar-refractivity contribution in [3.8, 4) is 0 Å². The number of hydrogen-bond donors (Lipinski definition) is 0. The highest BCUT2D eigenvalue weighted by molar-refractivity contribution is 5.82. The van der Waals surface area contributed by atoms with Gasteiger partial charge >= 0.3 is 0 Å². The van der Waals surface area contributed by atoms with Crippen molar-refractivity contribution in [2.24, 2.45) is 57.0 Å². The van der Waals surface area contributed by atoms with Crippen molar-refractivity contribution >= 4 is 11.9 Å². The molecule has 0 heterocycles. The third kappa shape index (κ3) is 5.49. The highest BCUT2D eigenvalue weighted by Gasteiger charge is 2.55. The van der Waals surface area contributed by atoms with Gasteiger partial charge in [0.1, 0.15) is 0 Å². The molecule has 0 aromatic rings. The van der Waals surface area contributed by atoms with Crippen LogP contribution in [-0.4, -0.2) is 23.6 Å². The van der Waals surface area contributed by atoms with Crippen LogP contribution in [0.5, 0.6) is 0 Å². The minimum atomic E-state index is 0.535. The quantitative estimate of drug-likeness (QED) is 0.189. The van der Waals surface area contributed by atoms with Crippen molar-refractivity contribution in [3.63, 3.8) is 0 Å². The lowest BCUT2D eigenvalue weighted by atomic mass is 9.44. The standard InChI is InChI=1S/C31H53N3/c1-6-10-23(4)33-34(32-8-3)21-19-26-12-9-13-30-29-17-15-25-22-24(11-7-2)14-16-27(25)28(29)18-20-31(26,30)5/h6,8,24-30H,1,7,9-22H2,2-5H3/b32-8?,33-23-/t24-,25?,26?,27-,28?,29+,30?,31+/m0/s1. The van der Waals surface area contributed by atoms with Gasteiger partial charge in [0.15, 0.2) is 0 Å². The van der Waals surface area contributed by atoms with E-state index in [4.69, 9.17) is 5.10 Å². The van der Waals surface area contributed by atoms with Gasteiger partial charge in [-0.1, -0.05) is 45.6 Å². The molecule has 192 valence electrons. The first-order valence-electron chi connectivity index (χ1n) is 14.9. The molecular weight excluding hydrogens is 414 g/mol. The van der Waals surface area contributed by atoms with E-state index in [2.05, 4.69) is 32.5 Å². The zero-order chi connectivity index (χ0) is 24.1. The molecule has 4 aliphatic carbocycles. The normalized spacial score (nSPS) is 40.4. The van der Waals surface area contributed by atoms with Gasteiger partial charge in [0.25, 0.3) is 0 Å². The SMILES string of the molecule is C=CC/C(C)=N\N(CCC1CCCC2[C@@H]3CCC4C[C@@H](CCC)CC[C@@H]4C3CC[C@]12C)N=CC. The van der Waals surface area contributed by atoms with Gasteiger partial charge in [0.2, 0.25) is 0 Å². The number of nitrogens with zero attached hydrogens (tertiary/aromatic N) is 3. The van der Waals surface area contributed by atoms with E-state index in [-0.39, 0.29) is 0 Å². The maximum atomic E-state index is 4.78. The summed E-state index contributed by atoms with van der Waals surface area (Å²) in [7, 11) is 0.